The van der Waals surface area contributed by atoms with Gasteiger partial charge in [-0.1, -0.05) is 0 Å². The first-order chi connectivity index (χ1) is 12.7. The maximum atomic E-state index is 4.68. The van der Waals surface area contributed by atoms with E-state index in [0.29, 0.717) is 0 Å². The third-order valence-corrected chi connectivity index (χ3v) is 6.51. The van der Waals surface area contributed by atoms with E-state index in [2.05, 4.69) is 29.7 Å². The average molecular weight is 366 g/mol. The van der Waals surface area contributed by atoms with Crippen molar-refractivity contribution in [3.63, 3.8) is 0 Å². The number of hydrogen-bond donors (Lipinski definition) is 0. The first-order valence-corrected chi connectivity index (χ1v) is 10.1. The number of fused-ring (bicyclic) bond motifs is 3. The largest absolute Gasteiger partial charge is 0.352 e. The van der Waals surface area contributed by atoms with Gasteiger partial charge in [0.2, 0.25) is 5.95 Å². The van der Waals surface area contributed by atoms with Crippen LogP contribution in [0.2, 0.25) is 0 Å². The fourth-order valence-corrected chi connectivity index (χ4v) is 5.34. The van der Waals surface area contributed by atoms with E-state index < -0.39 is 0 Å². The Labute approximate surface area is 156 Å². The molecule has 0 amide bonds. The van der Waals surface area contributed by atoms with Crippen LogP contribution in [0.4, 0.5) is 11.8 Å². The second-order valence-corrected chi connectivity index (χ2v) is 8.24. The van der Waals surface area contributed by atoms with Crippen molar-refractivity contribution in [3.05, 3.63) is 34.2 Å². The number of piperazine rings is 1. The maximum Gasteiger partial charge on any atom is 0.225 e. The Bertz CT molecular complexity index is 953. The van der Waals surface area contributed by atoms with Crippen molar-refractivity contribution in [2.24, 2.45) is 0 Å². The zero-order valence-corrected chi connectivity index (χ0v) is 16.0. The molecule has 0 radical (unpaired) electrons. The lowest BCUT2D eigenvalue weighted by molar-refractivity contribution is 0.634. The predicted octanol–water partition coefficient (Wildman–Crippen LogP) is 2.91. The molecule has 0 spiro atoms. The maximum absolute atomic E-state index is 4.68. The zero-order valence-electron chi connectivity index (χ0n) is 15.2. The van der Waals surface area contributed by atoms with Crippen LogP contribution in [0, 0.1) is 13.8 Å². The molecule has 0 aromatic carbocycles. The number of aryl methyl sites for hydroxylation is 4. The van der Waals surface area contributed by atoms with Gasteiger partial charge in [-0.25, -0.2) is 19.9 Å². The predicted molar refractivity (Wildman–Crippen MR) is 105 cm³/mol. The van der Waals surface area contributed by atoms with Gasteiger partial charge in [-0.15, -0.1) is 11.3 Å². The molecule has 6 nitrogen and oxygen atoms in total. The average Bonchev–Trinajstić information content (AvgIpc) is 3.21. The van der Waals surface area contributed by atoms with Crippen LogP contribution in [0.15, 0.2) is 12.4 Å². The molecule has 2 aliphatic rings. The van der Waals surface area contributed by atoms with Crippen molar-refractivity contribution in [2.45, 2.75) is 33.1 Å². The van der Waals surface area contributed by atoms with Crippen molar-refractivity contribution >= 4 is 33.3 Å². The van der Waals surface area contributed by atoms with Crippen LogP contribution in [-0.4, -0.2) is 46.1 Å². The van der Waals surface area contributed by atoms with Gasteiger partial charge >= 0.3 is 0 Å². The van der Waals surface area contributed by atoms with Gasteiger partial charge < -0.3 is 9.80 Å². The number of thiophene rings is 1. The van der Waals surface area contributed by atoms with Gasteiger partial charge in [0.05, 0.1) is 5.39 Å². The lowest BCUT2D eigenvalue weighted by Gasteiger charge is -2.35. The summed E-state index contributed by atoms with van der Waals surface area (Å²) < 4.78 is 0. The Balaban J connectivity index is 1.41. The number of anilines is 2. The summed E-state index contributed by atoms with van der Waals surface area (Å²) in [4.78, 5) is 25.8. The quantitative estimate of drug-likeness (QED) is 0.695. The summed E-state index contributed by atoms with van der Waals surface area (Å²) in [6.07, 6.45) is 5.37. The highest BCUT2D eigenvalue weighted by atomic mass is 32.1. The minimum atomic E-state index is 0.853. The van der Waals surface area contributed by atoms with Gasteiger partial charge in [0.25, 0.3) is 0 Å². The molecule has 5 rings (SSSR count). The Kier molecular flexibility index (Phi) is 3.77. The smallest absolute Gasteiger partial charge is 0.225 e. The van der Waals surface area contributed by atoms with Crippen LogP contribution in [0.25, 0.3) is 10.2 Å². The van der Waals surface area contributed by atoms with Gasteiger partial charge in [-0.3, -0.25) is 0 Å². The van der Waals surface area contributed by atoms with E-state index in [1.54, 1.807) is 6.33 Å². The topological polar surface area (TPSA) is 58.0 Å². The molecule has 0 N–H and O–H groups in total. The lowest BCUT2D eigenvalue weighted by Crippen LogP contribution is -2.47. The van der Waals surface area contributed by atoms with Gasteiger partial charge in [0.1, 0.15) is 17.0 Å². The van der Waals surface area contributed by atoms with Gasteiger partial charge in [-0.05, 0) is 44.7 Å². The Morgan fingerprint density at radius 3 is 2.42 bits per heavy atom. The van der Waals surface area contributed by atoms with Gasteiger partial charge in [0, 0.05) is 42.4 Å². The highest BCUT2D eigenvalue weighted by Gasteiger charge is 2.26. The first-order valence-electron chi connectivity index (χ1n) is 9.26. The third kappa shape index (κ3) is 2.61. The zero-order chi connectivity index (χ0) is 17.7. The van der Waals surface area contributed by atoms with E-state index in [-0.39, 0.29) is 0 Å². The van der Waals surface area contributed by atoms with Gasteiger partial charge in [-0.2, -0.15) is 0 Å². The Morgan fingerprint density at radius 2 is 1.65 bits per heavy atom. The lowest BCUT2D eigenvalue weighted by atomic mass is 10.1. The molecular weight excluding hydrogens is 344 g/mol. The molecule has 0 bridgehead atoms. The molecule has 3 aromatic rings. The summed E-state index contributed by atoms with van der Waals surface area (Å²) in [5.74, 6) is 1.97. The fraction of sp³-hybridized carbons (Fsp3) is 0.474. The third-order valence-electron chi connectivity index (χ3n) is 5.31. The number of aromatic nitrogens is 4. The number of hydrogen-bond acceptors (Lipinski definition) is 7. The first kappa shape index (κ1) is 15.9. The molecule has 0 unspecified atom stereocenters. The second kappa shape index (κ2) is 6.16. The highest BCUT2D eigenvalue weighted by Crippen LogP contribution is 2.40. The summed E-state index contributed by atoms with van der Waals surface area (Å²) in [6, 6.07) is 2.02. The van der Waals surface area contributed by atoms with E-state index >= 15 is 0 Å². The summed E-state index contributed by atoms with van der Waals surface area (Å²) in [6.45, 7) is 7.77. The van der Waals surface area contributed by atoms with Crippen LogP contribution >= 0.6 is 11.3 Å². The molecule has 7 heteroatoms. The van der Waals surface area contributed by atoms with Crippen LogP contribution in [-0.2, 0) is 12.8 Å². The normalized spacial score (nSPS) is 17.2. The minimum Gasteiger partial charge on any atom is -0.352 e. The monoisotopic (exact) mass is 366 g/mol. The molecule has 1 saturated heterocycles. The van der Waals surface area contributed by atoms with E-state index in [0.717, 1.165) is 54.2 Å². The van der Waals surface area contributed by atoms with Crippen molar-refractivity contribution in [1.29, 1.82) is 0 Å². The minimum absolute atomic E-state index is 0.853. The Hall–Kier alpha value is -2.28. The number of rotatable bonds is 2. The molecule has 0 saturated carbocycles. The fourth-order valence-electron chi connectivity index (χ4n) is 4.12. The summed E-state index contributed by atoms with van der Waals surface area (Å²) in [7, 11) is 0. The summed E-state index contributed by atoms with van der Waals surface area (Å²) in [5.41, 5.74) is 3.56. The molecule has 1 aliphatic carbocycles. The molecule has 4 heterocycles. The van der Waals surface area contributed by atoms with Crippen LogP contribution in [0.5, 0.6) is 0 Å². The second-order valence-electron chi connectivity index (χ2n) is 7.16. The molecule has 0 atom stereocenters. The van der Waals surface area contributed by atoms with E-state index in [4.69, 9.17) is 0 Å². The highest BCUT2D eigenvalue weighted by molar-refractivity contribution is 7.19. The van der Waals surface area contributed by atoms with Crippen molar-refractivity contribution in [2.75, 3.05) is 36.0 Å². The van der Waals surface area contributed by atoms with Crippen molar-refractivity contribution < 1.29 is 0 Å². The summed E-state index contributed by atoms with van der Waals surface area (Å²) >= 11 is 1.86. The van der Waals surface area contributed by atoms with E-state index in [9.17, 15) is 0 Å². The van der Waals surface area contributed by atoms with Crippen LogP contribution in [0.1, 0.15) is 28.2 Å². The SMILES string of the molecule is Cc1cc(C)nc(N2CCN(c3ncnc4sc5c(c34)CCC5)CC2)n1. The van der Waals surface area contributed by atoms with Crippen LogP contribution < -0.4 is 9.80 Å². The van der Waals surface area contributed by atoms with E-state index in [1.807, 2.05) is 31.3 Å². The van der Waals surface area contributed by atoms with Crippen molar-refractivity contribution in [1.82, 2.24) is 19.9 Å². The molecule has 134 valence electrons. The molecule has 3 aromatic heterocycles. The Morgan fingerprint density at radius 1 is 0.923 bits per heavy atom. The van der Waals surface area contributed by atoms with Gasteiger partial charge in [0.15, 0.2) is 0 Å². The van der Waals surface area contributed by atoms with Crippen molar-refractivity contribution in [3.8, 4) is 0 Å². The molecule has 1 fully saturated rings. The standard InChI is InChI=1S/C19H22N6S/c1-12-10-13(2)23-19(22-12)25-8-6-24(7-9-25)17-16-14-4-3-5-15(14)26-18(16)21-11-20-17/h10-11H,3-9H2,1-2H3. The van der Waals surface area contributed by atoms with E-state index in [1.165, 1.54) is 35.1 Å². The number of nitrogens with zero attached hydrogens (tertiary/aromatic N) is 6. The van der Waals surface area contributed by atoms with Crippen LogP contribution in [0.3, 0.4) is 0 Å². The molecular formula is C19H22N6S. The molecule has 1 aliphatic heterocycles. The summed E-state index contributed by atoms with van der Waals surface area (Å²) in [5, 5.41) is 1.31. The molecule has 26 heavy (non-hydrogen) atoms.